The smallest absolute Gasteiger partial charge is 0.326 e. The minimum atomic E-state index is -0.973. The first kappa shape index (κ1) is 13.8. The zero-order chi connectivity index (χ0) is 13.0. The van der Waals surface area contributed by atoms with Crippen molar-refractivity contribution >= 4 is 12.0 Å². The molecular weight excluding hydrogens is 220 g/mol. The monoisotopic (exact) mass is 242 g/mol. The van der Waals surface area contributed by atoms with Gasteiger partial charge in [-0.1, -0.05) is 13.8 Å². The van der Waals surface area contributed by atoms with Gasteiger partial charge >= 0.3 is 12.0 Å². The summed E-state index contributed by atoms with van der Waals surface area (Å²) in [7, 11) is 0. The van der Waals surface area contributed by atoms with Crippen molar-refractivity contribution in [3.05, 3.63) is 0 Å². The van der Waals surface area contributed by atoms with Gasteiger partial charge in [0.2, 0.25) is 0 Å². The van der Waals surface area contributed by atoms with E-state index < -0.39 is 12.0 Å². The molecule has 0 aliphatic carbocycles. The number of carbonyl (C=O) groups excluding carboxylic acids is 1. The molecule has 3 atom stereocenters. The first-order valence-corrected chi connectivity index (χ1v) is 6.25. The number of hydrogen-bond acceptors (Lipinski definition) is 2. The minimum Gasteiger partial charge on any atom is -0.480 e. The average Bonchev–Trinajstić information content (AvgIpc) is 2.24. The number of rotatable bonds is 3. The van der Waals surface area contributed by atoms with Gasteiger partial charge in [-0.25, -0.2) is 9.59 Å². The zero-order valence-corrected chi connectivity index (χ0v) is 10.8. The van der Waals surface area contributed by atoms with E-state index in [4.69, 9.17) is 5.11 Å². The lowest BCUT2D eigenvalue weighted by atomic mass is 9.94. The maximum atomic E-state index is 11.9. The second kappa shape index (κ2) is 5.89. The third-order valence-electron chi connectivity index (χ3n) is 3.40. The Labute approximate surface area is 102 Å². The van der Waals surface area contributed by atoms with E-state index in [-0.39, 0.29) is 12.1 Å². The lowest BCUT2D eigenvalue weighted by Crippen LogP contribution is -2.52. The summed E-state index contributed by atoms with van der Waals surface area (Å²) in [6.45, 7) is 6.65. The molecule has 17 heavy (non-hydrogen) atoms. The molecule has 5 nitrogen and oxygen atoms in total. The van der Waals surface area contributed by atoms with Crippen LogP contribution < -0.4 is 5.32 Å². The normalized spacial score (nSPS) is 26.4. The Kier molecular flexibility index (Phi) is 4.78. The summed E-state index contributed by atoms with van der Waals surface area (Å²) >= 11 is 0. The van der Waals surface area contributed by atoms with Gasteiger partial charge in [-0.3, -0.25) is 0 Å². The Morgan fingerprint density at radius 3 is 2.59 bits per heavy atom. The maximum Gasteiger partial charge on any atom is 0.326 e. The van der Waals surface area contributed by atoms with E-state index >= 15 is 0 Å². The summed E-state index contributed by atoms with van der Waals surface area (Å²) in [6, 6.07) is -0.849. The molecule has 1 saturated heterocycles. The van der Waals surface area contributed by atoms with Gasteiger partial charge in [0, 0.05) is 12.6 Å². The van der Waals surface area contributed by atoms with Crippen LogP contribution in [0, 0.1) is 5.92 Å². The van der Waals surface area contributed by atoms with Crippen molar-refractivity contribution < 1.29 is 14.7 Å². The van der Waals surface area contributed by atoms with Crippen LogP contribution in [-0.2, 0) is 4.79 Å². The number of amides is 2. The van der Waals surface area contributed by atoms with Gasteiger partial charge in [0.25, 0.3) is 0 Å². The highest BCUT2D eigenvalue weighted by atomic mass is 16.4. The van der Waals surface area contributed by atoms with Gasteiger partial charge in [0.15, 0.2) is 0 Å². The van der Waals surface area contributed by atoms with Crippen molar-refractivity contribution in [2.75, 3.05) is 6.54 Å². The first-order valence-electron chi connectivity index (χ1n) is 6.25. The second-order valence-corrected chi connectivity index (χ2v) is 4.92. The molecule has 0 radical (unpaired) electrons. The van der Waals surface area contributed by atoms with Gasteiger partial charge in [0.1, 0.15) is 6.04 Å². The molecule has 98 valence electrons. The van der Waals surface area contributed by atoms with Crippen molar-refractivity contribution in [1.29, 1.82) is 0 Å². The summed E-state index contributed by atoms with van der Waals surface area (Å²) in [5, 5.41) is 11.5. The van der Waals surface area contributed by atoms with Crippen LogP contribution in [0.2, 0.25) is 0 Å². The van der Waals surface area contributed by atoms with Crippen LogP contribution in [0.4, 0.5) is 4.79 Å². The highest BCUT2D eigenvalue weighted by Gasteiger charge is 2.28. The SMILES string of the molecule is CCC(NC(=O)N1CCC(C)CC1C)C(=O)O. The molecular formula is C12H22N2O3. The number of nitrogens with zero attached hydrogens (tertiary/aromatic N) is 1. The molecule has 0 spiro atoms. The van der Waals surface area contributed by atoms with Gasteiger partial charge in [0.05, 0.1) is 0 Å². The van der Waals surface area contributed by atoms with Gasteiger partial charge in [-0.2, -0.15) is 0 Å². The van der Waals surface area contributed by atoms with E-state index in [9.17, 15) is 9.59 Å². The number of carbonyl (C=O) groups is 2. The van der Waals surface area contributed by atoms with Crippen LogP contribution in [0.5, 0.6) is 0 Å². The summed E-state index contributed by atoms with van der Waals surface area (Å²) in [5.74, 6) is -0.339. The molecule has 2 N–H and O–H groups in total. The third-order valence-corrected chi connectivity index (χ3v) is 3.40. The van der Waals surface area contributed by atoms with Crippen LogP contribution in [0.15, 0.2) is 0 Å². The molecule has 5 heteroatoms. The summed E-state index contributed by atoms with van der Waals surface area (Å²) in [5.41, 5.74) is 0. The molecule has 3 unspecified atom stereocenters. The third kappa shape index (κ3) is 3.61. The molecule has 1 heterocycles. The highest BCUT2D eigenvalue weighted by molar-refractivity contribution is 5.82. The van der Waals surface area contributed by atoms with Gasteiger partial charge in [-0.05, 0) is 32.1 Å². The Morgan fingerprint density at radius 1 is 1.47 bits per heavy atom. The molecule has 0 saturated carbocycles. The molecule has 0 aromatic heterocycles. The Hall–Kier alpha value is -1.26. The van der Waals surface area contributed by atoms with Crippen molar-refractivity contribution in [1.82, 2.24) is 10.2 Å². The zero-order valence-electron chi connectivity index (χ0n) is 10.8. The van der Waals surface area contributed by atoms with Crippen molar-refractivity contribution in [2.24, 2.45) is 5.92 Å². The quantitative estimate of drug-likeness (QED) is 0.791. The molecule has 0 bridgehead atoms. The summed E-state index contributed by atoms with van der Waals surface area (Å²) < 4.78 is 0. The number of urea groups is 1. The number of nitrogens with one attached hydrogen (secondary N) is 1. The Balaban J connectivity index is 2.55. The number of hydrogen-bond donors (Lipinski definition) is 2. The van der Waals surface area contributed by atoms with E-state index in [0.29, 0.717) is 18.9 Å². The highest BCUT2D eigenvalue weighted by Crippen LogP contribution is 2.22. The first-order chi connectivity index (χ1) is 7.95. The largest absolute Gasteiger partial charge is 0.480 e. The molecule has 1 aliphatic rings. The van der Waals surface area contributed by atoms with Crippen LogP contribution in [0.3, 0.4) is 0 Å². The number of carboxylic acid groups (broad SMARTS) is 1. The molecule has 0 aromatic carbocycles. The average molecular weight is 242 g/mol. The van der Waals surface area contributed by atoms with Crippen molar-refractivity contribution in [2.45, 2.75) is 52.1 Å². The van der Waals surface area contributed by atoms with Crippen molar-refractivity contribution in [3.63, 3.8) is 0 Å². The Morgan fingerprint density at radius 2 is 2.12 bits per heavy atom. The number of aliphatic carboxylic acids is 1. The van der Waals surface area contributed by atoms with Crippen LogP contribution in [0.1, 0.15) is 40.0 Å². The van der Waals surface area contributed by atoms with Crippen LogP contribution in [-0.4, -0.2) is 40.6 Å². The summed E-state index contributed by atoms with van der Waals surface area (Å²) in [6.07, 6.45) is 2.37. The van der Waals surface area contributed by atoms with Crippen molar-refractivity contribution in [3.8, 4) is 0 Å². The van der Waals surface area contributed by atoms with E-state index in [0.717, 1.165) is 12.8 Å². The molecule has 1 fully saturated rings. The van der Waals surface area contributed by atoms with Crippen LogP contribution >= 0.6 is 0 Å². The number of carboxylic acids is 1. The van der Waals surface area contributed by atoms with E-state index in [1.807, 2.05) is 6.92 Å². The molecule has 2 amide bonds. The fourth-order valence-electron chi connectivity index (χ4n) is 2.28. The maximum absolute atomic E-state index is 11.9. The second-order valence-electron chi connectivity index (χ2n) is 4.92. The number of likely N-dealkylation sites (tertiary alicyclic amines) is 1. The lowest BCUT2D eigenvalue weighted by molar-refractivity contribution is -0.139. The number of piperidine rings is 1. The van der Waals surface area contributed by atoms with E-state index in [1.165, 1.54) is 0 Å². The lowest BCUT2D eigenvalue weighted by Gasteiger charge is -2.37. The topological polar surface area (TPSA) is 69.6 Å². The fraction of sp³-hybridized carbons (Fsp3) is 0.833. The standard InChI is InChI=1S/C12H22N2O3/c1-4-10(11(15)16)13-12(17)14-6-5-8(2)7-9(14)3/h8-10H,4-7H2,1-3H3,(H,13,17)(H,15,16). The van der Waals surface area contributed by atoms with Gasteiger partial charge < -0.3 is 15.3 Å². The molecule has 1 aliphatic heterocycles. The summed E-state index contributed by atoms with van der Waals surface area (Å²) in [4.78, 5) is 24.5. The predicted molar refractivity (Wildman–Crippen MR) is 64.8 cm³/mol. The van der Waals surface area contributed by atoms with E-state index in [2.05, 4.69) is 12.2 Å². The predicted octanol–water partition coefficient (Wildman–Crippen LogP) is 1.68. The molecule has 0 aromatic rings. The van der Waals surface area contributed by atoms with Gasteiger partial charge in [-0.15, -0.1) is 0 Å². The van der Waals surface area contributed by atoms with Crippen LogP contribution in [0.25, 0.3) is 0 Å². The molecule has 1 rings (SSSR count). The Bertz CT molecular complexity index is 293. The fourth-order valence-corrected chi connectivity index (χ4v) is 2.28. The minimum absolute atomic E-state index is 0.185. The van der Waals surface area contributed by atoms with E-state index in [1.54, 1.807) is 11.8 Å².